The van der Waals surface area contributed by atoms with E-state index in [2.05, 4.69) is 11.4 Å². The Labute approximate surface area is 109 Å². The average Bonchev–Trinajstić information content (AvgIpc) is 2.42. The van der Waals surface area contributed by atoms with Gasteiger partial charge in [-0.3, -0.25) is 0 Å². The van der Waals surface area contributed by atoms with Crippen LogP contribution in [0.4, 0.5) is 0 Å². The van der Waals surface area contributed by atoms with E-state index in [-0.39, 0.29) is 0 Å². The van der Waals surface area contributed by atoms with E-state index in [4.69, 9.17) is 9.47 Å². The number of ether oxygens (including phenoxy) is 2. The molecule has 0 amide bonds. The molecule has 100 valence electrons. The molecule has 0 aromatic heterocycles. The van der Waals surface area contributed by atoms with Crippen LogP contribution in [0.2, 0.25) is 0 Å². The molecular weight excluding hydrogens is 226 g/mol. The van der Waals surface area contributed by atoms with Crippen LogP contribution in [0, 0.1) is 0 Å². The average molecular weight is 249 g/mol. The van der Waals surface area contributed by atoms with E-state index in [1.165, 1.54) is 24.8 Å². The third-order valence-corrected chi connectivity index (χ3v) is 3.48. The van der Waals surface area contributed by atoms with Gasteiger partial charge < -0.3 is 14.8 Å². The second kappa shape index (κ2) is 6.64. The van der Waals surface area contributed by atoms with Gasteiger partial charge in [0.25, 0.3) is 0 Å². The summed E-state index contributed by atoms with van der Waals surface area (Å²) in [6, 6.07) is 6.08. The van der Waals surface area contributed by atoms with Crippen molar-refractivity contribution in [1.29, 1.82) is 0 Å². The van der Waals surface area contributed by atoms with Gasteiger partial charge in [-0.2, -0.15) is 0 Å². The zero-order valence-electron chi connectivity index (χ0n) is 11.4. The van der Waals surface area contributed by atoms with Gasteiger partial charge in [0, 0.05) is 12.1 Å². The van der Waals surface area contributed by atoms with E-state index in [0.29, 0.717) is 6.10 Å². The van der Waals surface area contributed by atoms with Crippen molar-refractivity contribution in [3.63, 3.8) is 0 Å². The van der Waals surface area contributed by atoms with Gasteiger partial charge in [0.15, 0.2) is 11.5 Å². The second-order valence-corrected chi connectivity index (χ2v) is 4.86. The van der Waals surface area contributed by atoms with Crippen LogP contribution >= 0.6 is 0 Å². The maximum absolute atomic E-state index is 6.20. The summed E-state index contributed by atoms with van der Waals surface area (Å²) in [7, 11) is 3.65. The van der Waals surface area contributed by atoms with Gasteiger partial charge >= 0.3 is 0 Å². The first kappa shape index (κ1) is 13.2. The predicted molar refractivity (Wildman–Crippen MR) is 73.3 cm³/mol. The van der Waals surface area contributed by atoms with E-state index >= 15 is 0 Å². The molecule has 3 heteroatoms. The number of methoxy groups -OCH3 is 1. The minimum absolute atomic E-state index is 0.352. The molecule has 0 unspecified atom stereocenters. The lowest BCUT2D eigenvalue weighted by molar-refractivity contribution is 0.148. The quantitative estimate of drug-likeness (QED) is 0.869. The molecule has 1 saturated carbocycles. The monoisotopic (exact) mass is 249 g/mol. The molecule has 1 fully saturated rings. The molecule has 1 aliphatic rings. The summed E-state index contributed by atoms with van der Waals surface area (Å²) in [5.74, 6) is 1.76. The Balaban J connectivity index is 2.16. The Morgan fingerprint density at radius 1 is 1.22 bits per heavy atom. The number of benzene rings is 1. The zero-order valence-corrected chi connectivity index (χ0v) is 11.4. The van der Waals surface area contributed by atoms with Crippen molar-refractivity contribution >= 4 is 0 Å². The van der Waals surface area contributed by atoms with Crippen LogP contribution in [0.5, 0.6) is 11.5 Å². The maximum atomic E-state index is 6.20. The van der Waals surface area contributed by atoms with Crippen molar-refractivity contribution in [3.8, 4) is 11.5 Å². The molecule has 0 atom stereocenters. The highest BCUT2D eigenvalue weighted by Gasteiger charge is 2.18. The molecule has 0 bridgehead atoms. The summed E-state index contributed by atoms with van der Waals surface area (Å²) in [6.45, 7) is 0.805. The third kappa shape index (κ3) is 3.16. The van der Waals surface area contributed by atoms with Gasteiger partial charge in [0.1, 0.15) is 0 Å². The normalized spacial score (nSPS) is 16.6. The number of hydrogen-bond acceptors (Lipinski definition) is 3. The van der Waals surface area contributed by atoms with Crippen LogP contribution in [-0.2, 0) is 6.54 Å². The van der Waals surface area contributed by atoms with Crippen molar-refractivity contribution < 1.29 is 9.47 Å². The van der Waals surface area contributed by atoms with Crippen LogP contribution in [-0.4, -0.2) is 20.3 Å². The van der Waals surface area contributed by atoms with Crippen molar-refractivity contribution in [2.75, 3.05) is 14.2 Å². The second-order valence-electron chi connectivity index (χ2n) is 4.86. The standard InChI is InChI=1S/C15H23NO2/c1-16-11-12-7-6-10-14(17-2)15(12)18-13-8-4-3-5-9-13/h6-7,10,13,16H,3-5,8-9,11H2,1-2H3. The molecule has 0 aliphatic heterocycles. The SMILES string of the molecule is CNCc1cccc(OC)c1OC1CCCCC1. The highest BCUT2D eigenvalue weighted by molar-refractivity contribution is 5.46. The molecule has 0 spiro atoms. The van der Waals surface area contributed by atoms with E-state index in [9.17, 15) is 0 Å². The van der Waals surface area contributed by atoms with E-state index in [0.717, 1.165) is 30.9 Å². The fourth-order valence-corrected chi connectivity index (χ4v) is 2.54. The lowest BCUT2D eigenvalue weighted by Gasteiger charge is -2.25. The first-order valence-electron chi connectivity index (χ1n) is 6.82. The number of hydrogen-bond donors (Lipinski definition) is 1. The molecule has 18 heavy (non-hydrogen) atoms. The number of rotatable bonds is 5. The third-order valence-electron chi connectivity index (χ3n) is 3.48. The molecular formula is C15H23NO2. The summed E-state index contributed by atoms with van der Waals surface area (Å²) >= 11 is 0. The molecule has 1 aromatic carbocycles. The van der Waals surface area contributed by atoms with E-state index in [1.54, 1.807) is 7.11 Å². The number of nitrogens with one attached hydrogen (secondary N) is 1. The molecule has 1 aromatic rings. The van der Waals surface area contributed by atoms with Crippen LogP contribution in [0.3, 0.4) is 0 Å². The van der Waals surface area contributed by atoms with Gasteiger partial charge in [-0.1, -0.05) is 18.6 Å². The molecule has 0 heterocycles. The molecule has 0 saturated heterocycles. The number of para-hydroxylation sites is 1. The van der Waals surface area contributed by atoms with E-state index < -0.39 is 0 Å². The molecule has 3 nitrogen and oxygen atoms in total. The first-order valence-corrected chi connectivity index (χ1v) is 6.82. The summed E-state index contributed by atoms with van der Waals surface area (Å²) in [4.78, 5) is 0. The summed E-state index contributed by atoms with van der Waals surface area (Å²) in [6.07, 6.45) is 6.58. The summed E-state index contributed by atoms with van der Waals surface area (Å²) < 4.78 is 11.6. The van der Waals surface area contributed by atoms with Crippen molar-refractivity contribution in [3.05, 3.63) is 23.8 Å². The molecule has 2 rings (SSSR count). The molecule has 1 N–H and O–H groups in total. The van der Waals surface area contributed by atoms with Crippen molar-refractivity contribution in [1.82, 2.24) is 5.32 Å². The highest BCUT2D eigenvalue weighted by atomic mass is 16.5. The first-order chi connectivity index (χ1) is 8.85. The minimum Gasteiger partial charge on any atom is -0.493 e. The maximum Gasteiger partial charge on any atom is 0.166 e. The smallest absolute Gasteiger partial charge is 0.166 e. The summed E-state index contributed by atoms with van der Waals surface area (Å²) in [5, 5.41) is 3.18. The van der Waals surface area contributed by atoms with Gasteiger partial charge in [0.2, 0.25) is 0 Å². The predicted octanol–water partition coefficient (Wildman–Crippen LogP) is 3.13. The van der Waals surface area contributed by atoms with Crippen LogP contribution in [0.25, 0.3) is 0 Å². The van der Waals surface area contributed by atoms with Crippen molar-refractivity contribution in [2.45, 2.75) is 44.8 Å². The molecule has 0 radical (unpaired) electrons. The Morgan fingerprint density at radius 2 is 2.00 bits per heavy atom. The lowest BCUT2D eigenvalue weighted by atomic mass is 9.97. The Bertz CT molecular complexity index is 373. The Hall–Kier alpha value is -1.22. The van der Waals surface area contributed by atoms with Gasteiger partial charge in [-0.25, -0.2) is 0 Å². The van der Waals surface area contributed by atoms with Crippen LogP contribution < -0.4 is 14.8 Å². The Morgan fingerprint density at radius 3 is 2.67 bits per heavy atom. The minimum atomic E-state index is 0.352. The Kier molecular flexibility index (Phi) is 4.88. The van der Waals surface area contributed by atoms with Gasteiger partial charge in [-0.15, -0.1) is 0 Å². The highest BCUT2D eigenvalue weighted by Crippen LogP contribution is 2.34. The topological polar surface area (TPSA) is 30.5 Å². The fourth-order valence-electron chi connectivity index (χ4n) is 2.54. The van der Waals surface area contributed by atoms with Gasteiger partial charge in [0.05, 0.1) is 13.2 Å². The fraction of sp³-hybridized carbons (Fsp3) is 0.600. The largest absolute Gasteiger partial charge is 0.493 e. The van der Waals surface area contributed by atoms with E-state index in [1.807, 2.05) is 19.2 Å². The lowest BCUT2D eigenvalue weighted by Crippen LogP contribution is -2.21. The van der Waals surface area contributed by atoms with Crippen LogP contribution in [0.1, 0.15) is 37.7 Å². The van der Waals surface area contributed by atoms with Gasteiger partial charge in [-0.05, 0) is 38.8 Å². The van der Waals surface area contributed by atoms with Crippen LogP contribution in [0.15, 0.2) is 18.2 Å². The zero-order chi connectivity index (χ0) is 12.8. The van der Waals surface area contributed by atoms with Crippen molar-refractivity contribution in [2.24, 2.45) is 0 Å². The molecule has 1 aliphatic carbocycles. The summed E-state index contributed by atoms with van der Waals surface area (Å²) in [5.41, 5.74) is 1.17.